The number of carbonyl (C=O) groups is 1. The molecule has 0 saturated heterocycles. The fourth-order valence-corrected chi connectivity index (χ4v) is 5.21. The average Bonchev–Trinajstić information content (AvgIpc) is 3.63. The van der Waals surface area contributed by atoms with Crippen LogP contribution >= 0.6 is 0 Å². The summed E-state index contributed by atoms with van der Waals surface area (Å²) < 4.78 is 31.8. The standard InChI is InChI=1S/C25H23N3O4S/c1-32-18-10-13-20-21(24(27-23(20)15-18)16-6-3-2-4-7-16)14-17-8-5-9-22(26-17)25(29)28-33(30,31)19-11-12-19/h2-10,13,15,19,27H,11-12,14H2,1H3,(H,28,29). The largest absolute Gasteiger partial charge is 0.497 e. The van der Waals surface area contributed by atoms with E-state index in [0.717, 1.165) is 33.5 Å². The predicted octanol–water partition coefficient (Wildman–Crippen LogP) is 4.05. The smallest absolute Gasteiger partial charge is 0.283 e. The Kier molecular flexibility index (Phi) is 5.38. The molecule has 1 amide bonds. The van der Waals surface area contributed by atoms with Crippen molar-refractivity contribution in [3.8, 4) is 17.0 Å². The minimum absolute atomic E-state index is 0.0829. The Bertz CT molecular complexity index is 1440. The van der Waals surface area contributed by atoms with Gasteiger partial charge < -0.3 is 9.72 Å². The lowest BCUT2D eigenvalue weighted by atomic mass is 10.0. The number of pyridine rings is 1. The van der Waals surface area contributed by atoms with Gasteiger partial charge in [0, 0.05) is 29.1 Å². The summed E-state index contributed by atoms with van der Waals surface area (Å²) in [4.78, 5) is 20.5. The van der Waals surface area contributed by atoms with E-state index in [9.17, 15) is 13.2 Å². The summed E-state index contributed by atoms with van der Waals surface area (Å²) in [6.45, 7) is 0. The molecule has 2 aromatic heterocycles. The van der Waals surface area contributed by atoms with Gasteiger partial charge in [-0.3, -0.25) is 4.79 Å². The van der Waals surface area contributed by atoms with Crippen LogP contribution in [0.25, 0.3) is 22.2 Å². The zero-order valence-corrected chi connectivity index (χ0v) is 18.9. The van der Waals surface area contributed by atoms with Crippen LogP contribution in [-0.4, -0.2) is 36.7 Å². The Morgan fingerprint density at radius 1 is 1.09 bits per heavy atom. The molecule has 0 spiro atoms. The highest BCUT2D eigenvalue weighted by molar-refractivity contribution is 7.91. The second kappa shape index (κ2) is 8.37. The quantitative estimate of drug-likeness (QED) is 0.432. The normalized spacial score (nSPS) is 13.7. The predicted molar refractivity (Wildman–Crippen MR) is 127 cm³/mol. The number of hydrogen-bond acceptors (Lipinski definition) is 5. The minimum atomic E-state index is -3.63. The Labute approximate surface area is 191 Å². The first-order chi connectivity index (χ1) is 15.9. The number of aromatic nitrogens is 2. The molecule has 33 heavy (non-hydrogen) atoms. The van der Waals surface area contributed by atoms with Crippen molar-refractivity contribution in [3.63, 3.8) is 0 Å². The van der Waals surface area contributed by atoms with Crippen LogP contribution in [0.4, 0.5) is 0 Å². The van der Waals surface area contributed by atoms with Crippen LogP contribution in [0.15, 0.2) is 66.7 Å². The number of H-pyrrole nitrogens is 1. The molecule has 1 fully saturated rings. The van der Waals surface area contributed by atoms with E-state index in [0.29, 0.717) is 25.0 Å². The van der Waals surface area contributed by atoms with Crippen molar-refractivity contribution in [2.45, 2.75) is 24.5 Å². The molecular formula is C25H23N3O4S. The summed E-state index contributed by atoms with van der Waals surface area (Å²) in [6, 6.07) is 20.9. The highest BCUT2D eigenvalue weighted by Crippen LogP contribution is 2.33. The van der Waals surface area contributed by atoms with Gasteiger partial charge in [0.1, 0.15) is 11.4 Å². The van der Waals surface area contributed by atoms with E-state index in [4.69, 9.17) is 4.74 Å². The first-order valence-electron chi connectivity index (χ1n) is 10.7. The lowest BCUT2D eigenvalue weighted by Crippen LogP contribution is -2.33. The number of amides is 1. The Morgan fingerprint density at radius 3 is 2.61 bits per heavy atom. The molecule has 7 nitrogen and oxygen atoms in total. The summed E-state index contributed by atoms with van der Waals surface area (Å²) in [7, 11) is -2.00. The molecule has 0 aliphatic heterocycles. The van der Waals surface area contributed by atoms with Crippen molar-refractivity contribution in [1.29, 1.82) is 0 Å². The third-order valence-electron chi connectivity index (χ3n) is 5.77. The molecule has 1 aliphatic carbocycles. The third-order valence-corrected chi connectivity index (χ3v) is 7.59. The van der Waals surface area contributed by atoms with Crippen LogP contribution in [0, 0.1) is 0 Å². The highest BCUT2D eigenvalue weighted by atomic mass is 32.2. The number of nitrogens with zero attached hydrogens (tertiary/aromatic N) is 1. The zero-order valence-electron chi connectivity index (χ0n) is 18.0. The van der Waals surface area contributed by atoms with E-state index < -0.39 is 21.2 Å². The molecule has 168 valence electrons. The molecule has 0 bridgehead atoms. The van der Waals surface area contributed by atoms with Crippen LogP contribution in [-0.2, 0) is 16.4 Å². The lowest BCUT2D eigenvalue weighted by molar-refractivity contribution is 0.0976. The molecule has 0 atom stereocenters. The third kappa shape index (κ3) is 4.34. The van der Waals surface area contributed by atoms with Gasteiger partial charge >= 0.3 is 0 Å². The number of sulfonamides is 1. The van der Waals surface area contributed by atoms with E-state index in [-0.39, 0.29) is 5.69 Å². The van der Waals surface area contributed by atoms with E-state index in [1.165, 1.54) is 6.07 Å². The van der Waals surface area contributed by atoms with Crippen molar-refractivity contribution >= 4 is 26.8 Å². The summed E-state index contributed by atoms with van der Waals surface area (Å²) >= 11 is 0. The number of aromatic amines is 1. The molecular weight excluding hydrogens is 438 g/mol. The summed E-state index contributed by atoms with van der Waals surface area (Å²) in [5, 5.41) is 0.559. The number of hydrogen-bond donors (Lipinski definition) is 2. The SMILES string of the molecule is COc1ccc2c(Cc3cccc(C(=O)NS(=O)(=O)C4CC4)n3)c(-c3ccccc3)[nH]c2c1. The molecule has 2 heterocycles. The van der Waals surface area contributed by atoms with Crippen LogP contribution in [0.1, 0.15) is 34.6 Å². The van der Waals surface area contributed by atoms with E-state index >= 15 is 0 Å². The van der Waals surface area contributed by atoms with Crippen LogP contribution < -0.4 is 9.46 Å². The number of benzene rings is 2. The van der Waals surface area contributed by atoms with Gasteiger partial charge in [-0.25, -0.2) is 18.1 Å². The summed E-state index contributed by atoms with van der Waals surface area (Å²) in [5.41, 5.74) is 4.72. The van der Waals surface area contributed by atoms with Gasteiger partial charge in [-0.1, -0.05) is 36.4 Å². The fraction of sp³-hybridized carbons (Fsp3) is 0.200. The first-order valence-corrected chi connectivity index (χ1v) is 12.2. The number of nitrogens with one attached hydrogen (secondary N) is 2. The maximum atomic E-state index is 12.5. The molecule has 2 N–H and O–H groups in total. The molecule has 1 aliphatic rings. The molecule has 5 rings (SSSR count). The van der Waals surface area contributed by atoms with Gasteiger partial charge in [-0.15, -0.1) is 0 Å². The monoisotopic (exact) mass is 461 g/mol. The van der Waals surface area contributed by atoms with E-state index in [1.807, 2.05) is 54.6 Å². The van der Waals surface area contributed by atoms with Crippen molar-refractivity contribution in [2.75, 3.05) is 7.11 Å². The number of rotatable bonds is 7. The van der Waals surface area contributed by atoms with Crippen molar-refractivity contribution in [2.24, 2.45) is 0 Å². The summed E-state index contributed by atoms with van der Waals surface area (Å²) in [5.74, 6) is 0.0549. The highest BCUT2D eigenvalue weighted by Gasteiger charge is 2.37. The summed E-state index contributed by atoms with van der Waals surface area (Å²) in [6.07, 6.45) is 1.64. The zero-order chi connectivity index (χ0) is 23.0. The van der Waals surface area contributed by atoms with Crippen molar-refractivity contribution < 1.29 is 17.9 Å². The maximum absolute atomic E-state index is 12.5. The topological polar surface area (TPSA) is 101 Å². The molecule has 4 aromatic rings. The van der Waals surface area contributed by atoms with Crippen LogP contribution in [0.3, 0.4) is 0 Å². The number of fused-ring (bicyclic) bond motifs is 1. The van der Waals surface area contributed by atoms with Crippen molar-refractivity contribution in [1.82, 2.24) is 14.7 Å². The number of carbonyl (C=O) groups excluding carboxylic acids is 1. The average molecular weight is 462 g/mol. The molecule has 1 saturated carbocycles. The minimum Gasteiger partial charge on any atom is -0.497 e. The Hall–Kier alpha value is -3.65. The van der Waals surface area contributed by atoms with Gasteiger partial charge in [-0.05, 0) is 48.2 Å². The number of ether oxygens (including phenoxy) is 1. The maximum Gasteiger partial charge on any atom is 0.283 e. The van der Waals surface area contributed by atoms with E-state index in [1.54, 1.807) is 13.2 Å². The van der Waals surface area contributed by atoms with Crippen LogP contribution in [0.5, 0.6) is 5.75 Å². The van der Waals surface area contributed by atoms with Gasteiger partial charge in [0.05, 0.1) is 18.1 Å². The molecule has 8 heteroatoms. The van der Waals surface area contributed by atoms with Gasteiger partial charge in [0.25, 0.3) is 5.91 Å². The lowest BCUT2D eigenvalue weighted by Gasteiger charge is -2.08. The van der Waals surface area contributed by atoms with Gasteiger partial charge in [0.2, 0.25) is 10.0 Å². The molecule has 0 radical (unpaired) electrons. The Balaban J connectivity index is 1.51. The second-order valence-corrected chi connectivity index (χ2v) is 10.1. The molecule has 0 unspecified atom stereocenters. The van der Waals surface area contributed by atoms with Gasteiger partial charge in [0.15, 0.2) is 0 Å². The Morgan fingerprint density at radius 2 is 1.88 bits per heavy atom. The van der Waals surface area contributed by atoms with Crippen LogP contribution in [0.2, 0.25) is 0 Å². The van der Waals surface area contributed by atoms with Crippen molar-refractivity contribution in [3.05, 3.63) is 83.7 Å². The van der Waals surface area contributed by atoms with Gasteiger partial charge in [-0.2, -0.15) is 0 Å². The second-order valence-electron chi connectivity index (χ2n) is 8.12. The number of methoxy groups -OCH3 is 1. The first kappa shape index (κ1) is 21.2. The fourth-order valence-electron chi connectivity index (χ4n) is 3.93. The van der Waals surface area contributed by atoms with E-state index in [2.05, 4.69) is 14.7 Å². The molecule has 2 aromatic carbocycles.